The van der Waals surface area contributed by atoms with Gasteiger partial charge in [-0.2, -0.15) is 4.39 Å². The minimum Gasteiger partial charge on any atom is -0.488 e. The predicted molar refractivity (Wildman–Crippen MR) is 82.1 cm³/mol. The molecular weight excluding hydrogens is 289 g/mol. The smallest absolute Gasteiger partial charge is 0.198 e. The van der Waals surface area contributed by atoms with E-state index in [1.807, 2.05) is 0 Å². The zero-order valence-corrected chi connectivity index (χ0v) is 13.4. The van der Waals surface area contributed by atoms with Crippen molar-refractivity contribution in [3.05, 3.63) is 23.7 Å². The zero-order valence-electron chi connectivity index (χ0n) is 13.4. The van der Waals surface area contributed by atoms with Crippen molar-refractivity contribution in [1.29, 1.82) is 0 Å². The van der Waals surface area contributed by atoms with Crippen molar-refractivity contribution in [3.63, 3.8) is 0 Å². The van der Waals surface area contributed by atoms with E-state index in [1.165, 1.54) is 44.9 Å². The summed E-state index contributed by atoms with van der Waals surface area (Å²) < 4.78 is 43.8. The monoisotopic (exact) mass is 316 g/mol. The Morgan fingerprint density at radius 2 is 1.55 bits per heavy atom. The van der Waals surface area contributed by atoms with E-state index in [9.17, 15) is 13.2 Å². The molecule has 126 valence electrons. The number of hydrogen-bond donors (Lipinski definition) is 0. The van der Waals surface area contributed by atoms with Crippen molar-refractivity contribution in [2.24, 2.45) is 17.8 Å². The van der Waals surface area contributed by atoms with Gasteiger partial charge in [-0.1, -0.05) is 32.1 Å². The standard InChI is InChI=1S/C18H27F3O/c1-13(20)18(21)17(11-19)22-12-14-7-9-16(10-8-14)15-5-3-2-4-6-15/h11,14-16H,2-10,12H2,1H3/b17-11+,18-13-. The highest BCUT2D eigenvalue weighted by Crippen LogP contribution is 2.40. The van der Waals surface area contributed by atoms with E-state index in [0.717, 1.165) is 31.6 Å². The van der Waals surface area contributed by atoms with E-state index >= 15 is 0 Å². The molecule has 0 N–H and O–H groups in total. The number of rotatable bonds is 5. The first-order chi connectivity index (χ1) is 10.6. The van der Waals surface area contributed by atoms with Gasteiger partial charge in [-0.15, -0.1) is 0 Å². The summed E-state index contributed by atoms with van der Waals surface area (Å²) in [5, 5.41) is 0. The third-order valence-electron chi connectivity index (χ3n) is 5.30. The Bertz CT molecular complexity index is 399. The van der Waals surface area contributed by atoms with Gasteiger partial charge in [0, 0.05) is 0 Å². The average molecular weight is 316 g/mol. The molecule has 0 aromatic carbocycles. The largest absolute Gasteiger partial charge is 0.488 e. The summed E-state index contributed by atoms with van der Waals surface area (Å²) in [4.78, 5) is 0. The van der Waals surface area contributed by atoms with Crippen molar-refractivity contribution in [3.8, 4) is 0 Å². The van der Waals surface area contributed by atoms with Crippen LogP contribution >= 0.6 is 0 Å². The van der Waals surface area contributed by atoms with E-state index in [0.29, 0.717) is 5.92 Å². The summed E-state index contributed by atoms with van der Waals surface area (Å²) >= 11 is 0. The Hall–Kier alpha value is -0.930. The van der Waals surface area contributed by atoms with Crippen LogP contribution in [0.3, 0.4) is 0 Å². The molecule has 2 saturated carbocycles. The lowest BCUT2D eigenvalue weighted by Crippen LogP contribution is -2.25. The molecule has 0 aliphatic heterocycles. The van der Waals surface area contributed by atoms with Crippen molar-refractivity contribution in [1.82, 2.24) is 0 Å². The van der Waals surface area contributed by atoms with Gasteiger partial charge in [0.05, 0.1) is 6.61 Å². The Morgan fingerprint density at radius 3 is 2.09 bits per heavy atom. The number of allylic oxidation sites excluding steroid dienone is 2. The van der Waals surface area contributed by atoms with Crippen LogP contribution in [0, 0.1) is 17.8 Å². The second kappa shape index (κ2) is 8.64. The van der Waals surface area contributed by atoms with Crippen LogP contribution in [0.1, 0.15) is 64.7 Å². The van der Waals surface area contributed by atoms with Crippen LogP contribution in [0.4, 0.5) is 13.2 Å². The molecule has 0 atom stereocenters. The lowest BCUT2D eigenvalue weighted by Gasteiger charge is -2.35. The molecule has 0 saturated heterocycles. The Morgan fingerprint density at radius 1 is 0.955 bits per heavy atom. The molecule has 0 aromatic heterocycles. The summed E-state index contributed by atoms with van der Waals surface area (Å²) in [6.45, 7) is 1.23. The number of hydrogen-bond acceptors (Lipinski definition) is 1. The third-order valence-corrected chi connectivity index (χ3v) is 5.30. The maximum atomic E-state index is 13.3. The molecule has 0 heterocycles. The molecule has 1 nitrogen and oxygen atoms in total. The molecule has 0 amide bonds. The first-order valence-corrected chi connectivity index (χ1v) is 8.57. The topological polar surface area (TPSA) is 9.23 Å². The van der Waals surface area contributed by atoms with Gasteiger partial charge in [-0.05, 0) is 50.4 Å². The lowest BCUT2D eigenvalue weighted by molar-refractivity contribution is 0.102. The minimum atomic E-state index is -1.24. The predicted octanol–water partition coefficient (Wildman–Crippen LogP) is 6.37. The van der Waals surface area contributed by atoms with Crippen molar-refractivity contribution in [2.75, 3.05) is 6.61 Å². The van der Waals surface area contributed by atoms with Gasteiger partial charge in [-0.25, -0.2) is 8.78 Å². The molecule has 4 heteroatoms. The highest BCUT2D eigenvalue weighted by atomic mass is 19.2. The summed E-state index contributed by atoms with van der Waals surface area (Å²) in [5.74, 6) is -0.885. The molecule has 2 fully saturated rings. The number of ether oxygens (including phenoxy) is 1. The van der Waals surface area contributed by atoms with Gasteiger partial charge >= 0.3 is 0 Å². The van der Waals surface area contributed by atoms with E-state index in [-0.39, 0.29) is 12.9 Å². The molecule has 22 heavy (non-hydrogen) atoms. The maximum absolute atomic E-state index is 13.3. The third kappa shape index (κ3) is 4.79. The fraction of sp³-hybridized carbons (Fsp3) is 0.778. The second-order valence-electron chi connectivity index (χ2n) is 6.81. The van der Waals surface area contributed by atoms with Crippen LogP contribution in [-0.4, -0.2) is 6.61 Å². The fourth-order valence-corrected chi connectivity index (χ4v) is 3.95. The van der Waals surface area contributed by atoms with E-state index in [4.69, 9.17) is 4.74 Å². The molecule has 2 aliphatic carbocycles. The van der Waals surface area contributed by atoms with E-state index in [1.54, 1.807) is 0 Å². The average Bonchev–Trinajstić information content (AvgIpc) is 2.56. The Balaban J connectivity index is 1.74. The number of halogens is 3. The van der Waals surface area contributed by atoms with Crippen LogP contribution < -0.4 is 0 Å². The van der Waals surface area contributed by atoms with Crippen LogP contribution in [-0.2, 0) is 4.74 Å². The van der Waals surface area contributed by atoms with Crippen LogP contribution in [0.15, 0.2) is 23.7 Å². The fourth-order valence-electron chi connectivity index (χ4n) is 3.95. The van der Waals surface area contributed by atoms with Crippen LogP contribution in [0.2, 0.25) is 0 Å². The molecule has 0 aromatic rings. The first-order valence-electron chi connectivity index (χ1n) is 8.57. The van der Waals surface area contributed by atoms with Gasteiger partial charge in [-0.3, -0.25) is 0 Å². The van der Waals surface area contributed by atoms with Crippen molar-refractivity contribution in [2.45, 2.75) is 64.7 Å². The second-order valence-corrected chi connectivity index (χ2v) is 6.81. The zero-order chi connectivity index (χ0) is 15.9. The molecule has 2 rings (SSSR count). The minimum absolute atomic E-state index is 0.00602. The highest BCUT2D eigenvalue weighted by Gasteiger charge is 2.29. The van der Waals surface area contributed by atoms with Gasteiger partial charge in [0.2, 0.25) is 0 Å². The molecule has 0 spiro atoms. The molecule has 2 aliphatic rings. The summed E-state index contributed by atoms with van der Waals surface area (Å²) in [6, 6.07) is 0. The Labute approximate surface area is 131 Å². The van der Waals surface area contributed by atoms with Crippen molar-refractivity contribution < 1.29 is 17.9 Å². The SMILES string of the molecule is C/C(F)=C(F)\C(=C/F)OCC1CCC(C2CCCCC2)CC1. The van der Waals surface area contributed by atoms with E-state index in [2.05, 4.69) is 0 Å². The normalized spacial score (nSPS) is 29.2. The Kier molecular flexibility index (Phi) is 6.84. The lowest BCUT2D eigenvalue weighted by atomic mass is 9.71. The summed E-state index contributed by atoms with van der Waals surface area (Å²) in [7, 11) is 0. The summed E-state index contributed by atoms with van der Waals surface area (Å²) in [5.41, 5.74) is 0. The quantitative estimate of drug-likeness (QED) is 0.423. The first kappa shape index (κ1) is 17.4. The van der Waals surface area contributed by atoms with E-state index < -0.39 is 17.4 Å². The molecule has 0 radical (unpaired) electrons. The maximum Gasteiger partial charge on any atom is 0.198 e. The van der Waals surface area contributed by atoms with Gasteiger partial charge in [0.15, 0.2) is 11.6 Å². The van der Waals surface area contributed by atoms with Gasteiger partial charge < -0.3 is 4.74 Å². The molecular formula is C18H27F3O. The van der Waals surface area contributed by atoms with Crippen molar-refractivity contribution >= 4 is 0 Å². The molecule has 0 unspecified atom stereocenters. The van der Waals surface area contributed by atoms with Gasteiger partial charge in [0.1, 0.15) is 12.2 Å². The molecule has 0 bridgehead atoms. The van der Waals surface area contributed by atoms with Crippen LogP contribution in [0.5, 0.6) is 0 Å². The van der Waals surface area contributed by atoms with Crippen LogP contribution in [0.25, 0.3) is 0 Å². The summed E-state index contributed by atoms with van der Waals surface area (Å²) in [6.07, 6.45) is 11.3. The highest BCUT2D eigenvalue weighted by molar-refractivity contribution is 5.19. The van der Waals surface area contributed by atoms with Gasteiger partial charge in [0.25, 0.3) is 0 Å².